The van der Waals surface area contributed by atoms with Crippen LogP contribution in [0.3, 0.4) is 0 Å². The molecule has 4 heteroatoms. The van der Waals surface area contributed by atoms with E-state index in [0.29, 0.717) is 18.3 Å². The van der Waals surface area contributed by atoms with Crippen LogP contribution in [0.5, 0.6) is 0 Å². The molecule has 102 valence electrons. The number of anilines is 1. The van der Waals surface area contributed by atoms with E-state index in [1.807, 2.05) is 13.0 Å². The summed E-state index contributed by atoms with van der Waals surface area (Å²) >= 11 is 0. The Labute approximate surface area is 110 Å². The number of aromatic nitrogens is 2. The van der Waals surface area contributed by atoms with Crippen molar-refractivity contribution < 1.29 is 4.74 Å². The molecule has 0 aliphatic carbocycles. The molecule has 0 radical (unpaired) electrons. The predicted octanol–water partition coefficient (Wildman–Crippen LogP) is 3.23. The molecule has 0 spiro atoms. The molecular weight excluding hydrogens is 226 g/mol. The highest BCUT2D eigenvalue weighted by Crippen LogP contribution is 2.31. The Balaban J connectivity index is 3.27. The van der Waals surface area contributed by atoms with E-state index in [9.17, 15) is 0 Å². The third kappa shape index (κ3) is 2.99. The molecule has 4 nitrogen and oxygen atoms in total. The second-order valence-corrected chi connectivity index (χ2v) is 4.83. The molecule has 1 aromatic heterocycles. The van der Waals surface area contributed by atoms with E-state index in [4.69, 9.17) is 10.5 Å². The Morgan fingerprint density at radius 2 is 1.83 bits per heavy atom. The fourth-order valence-electron chi connectivity index (χ4n) is 2.10. The molecule has 0 bridgehead atoms. The average molecular weight is 251 g/mol. The summed E-state index contributed by atoms with van der Waals surface area (Å²) in [5.74, 6) is 1.58. The van der Waals surface area contributed by atoms with Crippen molar-refractivity contribution >= 4 is 5.82 Å². The van der Waals surface area contributed by atoms with E-state index in [1.54, 1.807) is 0 Å². The molecular formula is C14H25N3O. The van der Waals surface area contributed by atoms with E-state index in [2.05, 4.69) is 37.7 Å². The van der Waals surface area contributed by atoms with Crippen molar-refractivity contribution in [1.82, 2.24) is 9.97 Å². The van der Waals surface area contributed by atoms with E-state index in [1.165, 1.54) is 0 Å². The minimum absolute atomic E-state index is 0.335. The van der Waals surface area contributed by atoms with Crippen LogP contribution >= 0.6 is 0 Å². The zero-order valence-electron chi connectivity index (χ0n) is 12.2. The van der Waals surface area contributed by atoms with Crippen LogP contribution in [-0.4, -0.2) is 16.6 Å². The van der Waals surface area contributed by atoms with Gasteiger partial charge in [0, 0.05) is 18.4 Å². The standard InChI is InChI=1S/C14H25N3O/c1-6-14(7-2,18-8-3)13-16-11(10(4)5)9-12(15)17-13/h9-10H,6-8H2,1-5H3,(H2,15,16,17). The maximum atomic E-state index is 5.92. The van der Waals surface area contributed by atoms with Crippen molar-refractivity contribution in [3.8, 4) is 0 Å². The predicted molar refractivity (Wildman–Crippen MR) is 74.4 cm³/mol. The molecule has 18 heavy (non-hydrogen) atoms. The summed E-state index contributed by atoms with van der Waals surface area (Å²) in [5, 5.41) is 0. The molecule has 0 saturated heterocycles. The first-order valence-electron chi connectivity index (χ1n) is 6.78. The highest BCUT2D eigenvalue weighted by molar-refractivity contribution is 5.32. The summed E-state index contributed by atoms with van der Waals surface area (Å²) < 4.78 is 5.92. The number of hydrogen-bond donors (Lipinski definition) is 1. The Bertz CT molecular complexity index is 387. The molecule has 1 aromatic rings. The van der Waals surface area contributed by atoms with Crippen LogP contribution in [-0.2, 0) is 10.3 Å². The summed E-state index contributed by atoms with van der Waals surface area (Å²) in [6.07, 6.45) is 1.69. The molecule has 0 aliphatic rings. The average Bonchev–Trinajstić information content (AvgIpc) is 2.35. The summed E-state index contributed by atoms with van der Waals surface area (Å²) in [5.41, 5.74) is 6.46. The van der Waals surface area contributed by atoms with Crippen molar-refractivity contribution in [2.24, 2.45) is 0 Å². The van der Waals surface area contributed by atoms with Gasteiger partial charge in [0.2, 0.25) is 0 Å². The molecule has 2 N–H and O–H groups in total. The van der Waals surface area contributed by atoms with Crippen molar-refractivity contribution in [3.63, 3.8) is 0 Å². The van der Waals surface area contributed by atoms with E-state index in [0.717, 1.165) is 24.4 Å². The Morgan fingerprint density at radius 1 is 1.22 bits per heavy atom. The third-order valence-electron chi connectivity index (χ3n) is 3.33. The highest BCUT2D eigenvalue weighted by atomic mass is 16.5. The minimum atomic E-state index is -0.409. The molecule has 0 saturated carbocycles. The normalized spacial score (nSPS) is 12.1. The molecule has 0 amide bonds. The highest BCUT2D eigenvalue weighted by Gasteiger charge is 2.33. The summed E-state index contributed by atoms with van der Waals surface area (Å²) in [7, 11) is 0. The molecule has 0 atom stereocenters. The smallest absolute Gasteiger partial charge is 0.162 e. The summed E-state index contributed by atoms with van der Waals surface area (Å²) in [4.78, 5) is 9.04. The van der Waals surface area contributed by atoms with Gasteiger partial charge >= 0.3 is 0 Å². The molecule has 0 aliphatic heterocycles. The molecule has 1 rings (SSSR count). The number of nitrogen functional groups attached to an aromatic ring is 1. The molecule has 1 heterocycles. The van der Waals surface area contributed by atoms with Gasteiger partial charge < -0.3 is 10.5 Å². The van der Waals surface area contributed by atoms with Gasteiger partial charge in [-0.25, -0.2) is 9.97 Å². The van der Waals surface area contributed by atoms with Gasteiger partial charge in [0.25, 0.3) is 0 Å². The van der Waals surface area contributed by atoms with Gasteiger partial charge in [-0.05, 0) is 25.7 Å². The fourth-order valence-corrected chi connectivity index (χ4v) is 2.10. The van der Waals surface area contributed by atoms with Crippen molar-refractivity contribution in [1.29, 1.82) is 0 Å². The van der Waals surface area contributed by atoms with Crippen molar-refractivity contribution in [3.05, 3.63) is 17.6 Å². The number of nitrogens with zero attached hydrogens (tertiary/aromatic N) is 2. The second-order valence-electron chi connectivity index (χ2n) is 4.83. The first-order chi connectivity index (χ1) is 8.49. The quantitative estimate of drug-likeness (QED) is 0.843. The van der Waals surface area contributed by atoms with Crippen LogP contribution in [0.1, 0.15) is 64.9 Å². The third-order valence-corrected chi connectivity index (χ3v) is 3.33. The van der Waals surface area contributed by atoms with Crippen LogP contribution in [0.15, 0.2) is 6.07 Å². The van der Waals surface area contributed by atoms with Gasteiger partial charge in [0.05, 0.1) is 0 Å². The Morgan fingerprint density at radius 3 is 2.28 bits per heavy atom. The maximum absolute atomic E-state index is 5.92. The van der Waals surface area contributed by atoms with Gasteiger partial charge in [-0.15, -0.1) is 0 Å². The van der Waals surface area contributed by atoms with E-state index >= 15 is 0 Å². The lowest BCUT2D eigenvalue weighted by Gasteiger charge is -2.30. The number of nitrogens with two attached hydrogens (primary N) is 1. The first-order valence-corrected chi connectivity index (χ1v) is 6.78. The van der Waals surface area contributed by atoms with E-state index in [-0.39, 0.29) is 0 Å². The summed E-state index contributed by atoms with van der Waals surface area (Å²) in [6, 6.07) is 1.84. The zero-order valence-corrected chi connectivity index (χ0v) is 12.2. The topological polar surface area (TPSA) is 61.0 Å². The lowest BCUT2D eigenvalue weighted by molar-refractivity contribution is -0.0572. The lowest BCUT2D eigenvalue weighted by Crippen LogP contribution is -2.31. The SMILES string of the molecule is CCOC(CC)(CC)c1nc(N)cc(C(C)C)n1. The summed E-state index contributed by atoms with van der Waals surface area (Å²) in [6.45, 7) is 11.0. The van der Waals surface area contributed by atoms with Gasteiger partial charge in [0.15, 0.2) is 5.82 Å². The number of hydrogen-bond acceptors (Lipinski definition) is 4. The van der Waals surface area contributed by atoms with Gasteiger partial charge in [-0.3, -0.25) is 0 Å². The number of rotatable bonds is 6. The van der Waals surface area contributed by atoms with Crippen LogP contribution in [0, 0.1) is 0 Å². The zero-order chi connectivity index (χ0) is 13.8. The second kappa shape index (κ2) is 6.14. The Kier molecular flexibility index (Phi) is 5.08. The van der Waals surface area contributed by atoms with E-state index < -0.39 is 5.60 Å². The van der Waals surface area contributed by atoms with Crippen molar-refractivity contribution in [2.75, 3.05) is 12.3 Å². The monoisotopic (exact) mass is 251 g/mol. The van der Waals surface area contributed by atoms with Crippen LogP contribution in [0.2, 0.25) is 0 Å². The first kappa shape index (κ1) is 14.9. The van der Waals surface area contributed by atoms with Crippen LogP contribution < -0.4 is 5.73 Å². The van der Waals surface area contributed by atoms with Gasteiger partial charge in [-0.1, -0.05) is 27.7 Å². The maximum Gasteiger partial charge on any atom is 0.162 e. The largest absolute Gasteiger partial charge is 0.384 e. The van der Waals surface area contributed by atoms with Crippen molar-refractivity contribution in [2.45, 2.75) is 59.0 Å². The minimum Gasteiger partial charge on any atom is -0.384 e. The van der Waals surface area contributed by atoms with Crippen LogP contribution in [0.4, 0.5) is 5.82 Å². The van der Waals surface area contributed by atoms with Gasteiger partial charge in [0.1, 0.15) is 11.4 Å². The molecule has 0 aromatic carbocycles. The fraction of sp³-hybridized carbons (Fsp3) is 0.714. The Hall–Kier alpha value is -1.16. The lowest BCUT2D eigenvalue weighted by atomic mass is 9.95. The number of ether oxygens (including phenoxy) is 1. The molecule has 0 unspecified atom stereocenters. The van der Waals surface area contributed by atoms with Crippen LogP contribution in [0.25, 0.3) is 0 Å². The van der Waals surface area contributed by atoms with Gasteiger partial charge in [-0.2, -0.15) is 0 Å². The molecule has 0 fully saturated rings.